The summed E-state index contributed by atoms with van der Waals surface area (Å²) in [5.74, 6) is 0.554. The van der Waals surface area contributed by atoms with E-state index >= 15 is 0 Å². The maximum absolute atomic E-state index is 11.8. The van der Waals surface area contributed by atoms with E-state index in [0.29, 0.717) is 5.41 Å². The number of carbonyl (C=O) groups excluding carboxylic acids is 1. The maximum Gasteiger partial charge on any atom is 0.223 e. The summed E-state index contributed by atoms with van der Waals surface area (Å²) in [4.78, 5) is 11.8. The lowest BCUT2D eigenvalue weighted by Gasteiger charge is -2.14. The van der Waals surface area contributed by atoms with Gasteiger partial charge in [0.15, 0.2) is 0 Å². The Labute approximate surface area is 100 Å². The molecule has 2 fully saturated rings. The third-order valence-corrected chi connectivity index (χ3v) is 4.45. The van der Waals surface area contributed by atoms with Gasteiger partial charge in [0.25, 0.3) is 0 Å². The predicted octanol–water partition coefficient (Wildman–Crippen LogP) is 2.71. The smallest absolute Gasteiger partial charge is 0.223 e. The molecule has 2 aliphatic rings. The second-order valence-corrected chi connectivity index (χ2v) is 6.70. The van der Waals surface area contributed by atoms with Gasteiger partial charge in [-0.15, -0.1) is 0 Å². The van der Waals surface area contributed by atoms with Crippen LogP contribution in [0.15, 0.2) is 0 Å². The number of carbonyl (C=O) groups is 1. The molecule has 15 heavy (non-hydrogen) atoms. The minimum atomic E-state index is 0.260. The third-order valence-electron chi connectivity index (χ3n) is 4.05. The van der Waals surface area contributed by atoms with Crippen LogP contribution in [0.25, 0.3) is 0 Å². The Morgan fingerprint density at radius 3 is 2.47 bits per heavy atom. The molecule has 2 saturated carbocycles. The minimum Gasteiger partial charge on any atom is -0.355 e. The number of hydrogen-bond acceptors (Lipinski definition) is 1. The van der Waals surface area contributed by atoms with Crippen molar-refractivity contribution in [1.29, 1.82) is 0 Å². The molecule has 3 heteroatoms. The van der Waals surface area contributed by atoms with Crippen molar-refractivity contribution in [3.63, 3.8) is 0 Å². The van der Waals surface area contributed by atoms with Gasteiger partial charge in [0, 0.05) is 17.8 Å². The molecule has 0 aliphatic heterocycles. The van der Waals surface area contributed by atoms with E-state index in [9.17, 15) is 4.79 Å². The van der Waals surface area contributed by atoms with Gasteiger partial charge in [-0.1, -0.05) is 29.8 Å². The van der Waals surface area contributed by atoms with Crippen molar-refractivity contribution >= 4 is 21.8 Å². The monoisotopic (exact) mass is 273 g/mol. The average Bonchev–Trinajstić information content (AvgIpc) is 3.03. The summed E-state index contributed by atoms with van der Waals surface area (Å²) < 4.78 is 0. The molecule has 2 nitrogen and oxygen atoms in total. The lowest BCUT2D eigenvalue weighted by atomic mass is 10.0. The molecule has 0 saturated heterocycles. The molecule has 2 rings (SSSR count). The van der Waals surface area contributed by atoms with Gasteiger partial charge in [0.05, 0.1) is 0 Å². The van der Waals surface area contributed by atoms with Crippen molar-refractivity contribution in [2.24, 2.45) is 16.7 Å². The zero-order valence-corrected chi connectivity index (χ0v) is 11.2. The Morgan fingerprint density at radius 2 is 2.07 bits per heavy atom. The van der Waals surface area contributed by atoms with Gasteiger partial charge in [0.1, 0.15) is 0 Å². The van der Waals surface area contributed by atoms with Crippen LogP contribution in [0.4, 0.5) is 0 Å². The molecule has 0 heterocycles. The summed E-state index contributed by atoms with van der Waals surface area (Å²) in [6.45, 7) is 5.23. The molecule has 2 aliphatic carbocycles. The van der Waals surface area contributed by atoms with Gasteiger partial charge in [-0.3, -0.25) is 4.79 Å². The van der Waals surface area contributed by atoms with Gasteiger partial charge >= 0.3 is 0 Å². The van der Waals surface area contributed by atoms with Crippen LogP contribution in [-0.4, -0.2) is 17.8 Å². The number of hydrogen-bond donors (Lipinski definition) is 1. The van der Waals surface area contributed by atoms with Crippen molar-refractivity contribution in [2.45, 2.75) is 39.5 Å². The van der Waals surface area contributed by atoms with E-state index in [1.165, 1.54) is 19.3 Å². The van der Waals surface area contributed by atoms with Crippen LogP contribution in [0.1, 0.15) is 39.5 Å². The second-order valence-electron chi connectivity index (χ2n) is 5.90. The van der Waals surface area contributed by atoms with Gasteiger partial charge in [-0.05, 0) is 36.5 Å². The Bertz CT molecular complexity index is 271. The first-order valence-corrected chi connectivity index (χ1v) is 6.95. The fourth-order valence-electron chi connectivity index (χ4n) is 2.20. The van der Waals surface area contributed by atoms with E-state index < -0.39 is 0 Å². The molecular formula is C12H20BrNO. The van der Waals surface area contributed by atoms with E-state index in [-0.39, 0.29) is 17.2 Å². The average molecular weight is 274 g/mol. The number of amides is 1. The Morgan fingerprint density at radius 1 is 1.47 bits per heavy atom. The number of rotatable bonds is 5. The summed E-state index contributed by atoms with van der Waals surface area (Å²) in [6, 6.07) is 0. The van der Waals surface area contributed by atoms with Crippen LogP contribution < -0.4 is 5.32 Å². The zero-order valence-electron chi connectivity index (χ0n) is 9.61. The Kier molecular flexibility index (Phi) is 2.87. The lowest BCUT2D eigenvalue weighted by Crippen LogP contribution is -2.32. The van der Waals surface area contributed by atoms with Gasteiger partial charge < -0.3 is 5.32 Å². The zero-order chi connectivity index (χ0) is 11.1. The number of nitrogens with one attached hydrogen (secondary N) is 1. The highest BCUT2D eigenvalue weighted by molar-refractivity contribution is 9.09. The van der Waals surface area contributed by atoms with Crippen molar-refractivity contribution in [3.05, 3.63) is 0 Å². The van der Waals surface area contributed by atoms with E-state index in [1.54, 1.807) is 0 Å². The van der Waals surface area contributed by atoms with E-state index in [0.717, 1.165) is 18.3 Å². The molecule has 0 aromatic rings. The molecule has 0 bridgehead atoms. The summed E-state index contributed by atoms with van der Waals surface area (Å²) in [6.07, 6.45) is 4.82. The molecule has 1 unspecified atom stereocenters. The molecular weight excluding hydrogens is 254 g/mol. The van der Waals surface area contributed by atoms with Crippen LogP contribution in [-0.2, 0) is 4.79 Å². The number of halogens is 1. The predicted molar refractivity (Wildman–Crippen MR) is 65.0 cm³/mol. The normalized spacial score (nSPS) is 29.7. The van der Waals surface area contributed by atoms with Crippen molar-refractivity contribution in [2.75, 3.05) is 11.9 Å². The lowest BCUT2D eigenvalue weighted by molar-refractivity contribution is -0.123. The molecule has 0 radical (unpaired) electrons. The summed E-state index contributed by atoms with van der Waals surface area (Å²) in [7, 11) is 0. The largest absolute Gasteiger partial charge is 0.355 e. The van der Waals surface area contributed by atoms with Crippen molar-refractivity contribution in [1.82, 2.24) is 5.32 Å². The highest BCUT2D eigenvalue weighted by Crippen LogP contribution is 2.52. The fourth-order valence-corrected chi connectivity index (χ4v) is 3.05. The van der Waals surface area contributed by atoms with Crippen LogP contribution in [0, 0.1) is 16.7 Å². The molecule has 0 spiro atoms. The first-order valence-electron chi connectivity index (χ1n) is 5.83. The summed E-state index contributed by atoms with van der Waals surface area (Å²) in [5.41, 5.74) is 0.703. The van der Waals surface area contributed by atoms with Crippen LogP contribution in [0.5, 0.6) is 0 Å². The quantitative estimate of drug-likeness (QED) is 0.767. The summed E-state index contributed by atoms with van der Waals surface area (Å²) in [5, 5.41) is 4.18. The highest BCUT2D eigenvalue weighted by atomic mass is 79.9. The van der Waals surface area contributed by atoms with E-state index in [2.05, 4.69) is 35.1 Å². The van der Waals surface area contributed by atoms with Gasteiger partial charge in [0.2, 0.25) is 5.91 Å². The van der Waals surface area contributed by atoms with Gasteiger partial charge in [-0.25, -0.2) is 0 Å². The highest BCUT2D eigenvalue weighted by Gasteiger charge is 2.51. The van der Waals surface area contributed by atoms with E-state index in [1.807, 2.05) is 0 Å². The molecule has 1 N–H and O–H groups in total. The van der Waals surface area contributed by atoms with Crippen molar-refractivity contribution in [3.8, 4) is 0 Å². The SMILES string of the molecule is CC1(C)CC1C(=O)NCC1(CCBr)CC1. The standard InChI is InChI=1S/C12H20BrNO/c1-11(2)7-9(11)10(15)14-8-12(3-4-12)5-6-13/h9H,3-8H2,1-2H3,(H,14,15). The maximum atomic E-state index is 11.8. The van der Waals surface area contributed by atoms with Crippen molar-refractivity contribution < 1.29 is 4.79 Å². The van der Waals surface area contributed by atoms with Crippen LogP contribution >= 0.6 is 15.9 Å². The molecule has 0 aromatic carbocycles. The summed E-state index contributed by atoms with van der Waals surface area (Å²) >= 11 is 3.48. The minimum absolute atomic E-state index is 0.260. The molecule has 0 aromatic heterocycles. The van der Waals surface area contributed by atoms with Crippen LogP contribution in [0.3, 0.4) is 0 Å². The Hall–Kier alpha value is -0.0500. The third kappa shape index (κ3) is 2.55. The second kappa shape index (κ2) is 3.76. The Balaban J connectivity index is 1.72. The topological polar surface area (TPSA) is 29.1 Å². The molecule has 1 amide bonds. The van der Waals surface area contributed by atoms with Crippen LogP contribution in [0.2, 0.25) is 0 Å². The molecule has 1 atom stereocenters. The fraction of sp³-hybridized carbons (Fsp3) is 0.917. The van der Waals surface area contributed by atoms with E-state index in [4.69, 9.17) is 0 Å². The number of alkyl halides is 1. The molecule has 86 valence electrons. The first-order chi connectivity index (χ1) is 6.99. The first kappa shape index (κ1) is 11.4. The van der Waals surface area contributed by atoms with Gasteiger partial charge in [-0.2, -0.15) is 0 Å².